The summed E-state index contributed by atoms with van der Waals surface area (Å²) in [7, 11) is 0. The maximum atomic E-state index is 5.23. The highest BCUT2D eigenvalue weighted by atomic mass is 16.7. The number of aromatic nitrogens is 3. The Hall–Kier alpha value is -1.84. The third-order valence-corrected chi connectivity index (χ3v) is 1.64. The second-order valence-electron chi connectivity index (χ2n) is 2.54. The molecule has 4 nitrogen and oxygen atoms in total. The van der Waals surface area contributed by atoms with Gasteiger partial charge in [-0.3, -0.25) is 0 Å². The summed E-state index contributed by atoms with van der Waals surface area (Å²) in [5.74, 6) is 0. The van der Waals surface area contributed by atoms with E-state index in [1.165, 1.54) is 4.85 Å². The van der Waals surface area contributed by atoms with Crippen LogP contribution in [0.4, 0.5) is 0 Å². The lowest BCUT2D eigenvalue weighted by atomic mass is 10.3. The quantitative estimate of drug-likeness (QED) is 0.654. The van der Waals surface area contributed by atoms with Gasteiger partial charge in [-0.2, -0.15) is 0 Å². The number of rotatable bonds is 3. The molecule has 1 aromatic heterocycles. The van der Waals surface area contributed by atoms with Crippen LogP contribution in [0.3, 0.4) is 0 Å². The lowest BCUT2D eigenvalue weighted by Crippen LogP contribution is -2.12. The molecule has 0 saturated carbocycles. The first-order valence-electron chi connectivity index (χ1n) is 3.96. The van der Waals surface area contributed by atoms with Crippen LogP contribution in [0.5, 0.6) is 0 Å². The molecular weight excluding hydrogens is 166 g/mol. The Bertz CT molecular complexity index is 421. The van der Waals surface area contributed by atoms with Crippen LogP contribution in [0, 0.1) is 0 Å². The SMILES string of the molecule is C=CCOn1nnc2ccccc21. The second kappa shape index (κ2) is 3.26. The summed E-state index contributed by atoms with van der Waals surface area (Å²) in [5.41, 5.74) is 1.69. The van der Waals surface area contributed by atoms with Crippen LogP contribution < -0.4 is 4.84 Å². The van der Waals surface area contributed by atoms with Gasteiger partial charge in [0, 0.05) is 0 Å². The van der Waals surface area contributed by atoms with Gasteiger partial charge < -0.3 is 4.84 Å². The largest absolute Gasteiger partial charge is 0.391 e. The molecule has 0 saturated heterocycles. The third kappa shape index (κ3) is 1.38. The van der Waals surface area contributed by atoms with Crippen molar-refractivity contribution in [1.29, 1.82) is 0 Å². The van der Waals surface area contributed by atoms with E-state index in [4.69, 9.17) is 4.84 Å². The van der Waals surface area contributed by atoms with E-state index in [0.717, 1.165) is 11.0 Å². The summed E-state index contributed by atoms with van der Waals surface area (Å²) in [5, 5.41) is 7.75. The first-order valence-corrected chi connectivity index (χ1v) is 3.96. The van der Waals surface area contributed by atoms with E-state index >= 15 is 0 Å². The fourth-order valence-electron chi connectivity index (χ4n) is 1.07. The maximum absolute atomic E-state index is 5.23. The predicted octanol–water partition coefficient (Wildman–Crippen LogP) is 1.05. The molecule has 0 aliphatic heterocycles. The Balaban J connectivity index is 2.40. The normalized spacial score (nSPS) is 10.2. The summed E-state index contributed by atoms with van der Waals surface area (Å²) in [6.07, 6.45) is 1.66. The molecule has 0 aliphatic rings. The topological polar surface area (TPSA) is 39.9 Å². The number of para-hydroxylation sites is 1. The van der Waals surface area contributed by atoms with Crippen molar-refractivity contribution in [3.05, 3.63) is 36.9 Å². The molecule has 0 radical (unpaired) electrons. The predicted molar refractivity (Wildman–Crippen MR) is 49.2 cm³/mol. The Kier molecular flexibility index (Phi) is 1.96. The molecule has 13 heavy (non-hydrogen) atoms. The standard InChI is InChI=1S/C9H9N3O/c1-2-7-13-12-9-6-4-3-5-8(9)10-11-12/h2-6H,1,7H2. The molecule has 66 valence electrons. The zero-order chi connectivity index (χ0) is 9.10. The molecule has 0 bridgehead atoms. The van der Waals surface area contributed by atoms with Crippen LogP contribution in [0.1, 0.15) is 0 Å². The summed E-state index contributed by atoms with van der Waals surface area (Å²) < 4.78 is 0. The fourth-order valence-corrected chi connectivity index (χ4v) is 1.07. The van der Waals surface area contributed by atoms with E-state index in [1.807, 2.05) is 24.3 Å². The molecule has 0 amide bonds. The fraction of sp³-hybridized carbons (Fsp3) is 0.111. The summed E-state index contributed by atoms with van der Waals surface area (Å²) in [4.78, 5) is 6.63. The van der Waals surface area contributed by atoms with Crippen molar-refractivity contribution in [1.82, 2.24) is 15.2 Å². The van der Waals surface area contributed by atoms with E-state index in [0.29, 0.717) is 6.61 Å². The van der Waals surface area contributed by atoms with Crippen molar-refractivity contribution >= 4 is 11.0 Å². The molecule has 0 atom stereocenters. The molecule has 0 aliphatic carbocycles. The van der Waals surface area contributed by atoms with Crippen molar-refractivity contribution in [2.75, 3.05) is 6.61 Å². The number of nitrogens with zero attached hydrogens (tertiary/aromatic N) is 3. The van der Waals surface area contributed by atoms with E-state index in [2.05, 4.69) is 16.9 Å². The van der Waals surface area contributed by atoms with Gasteiger partial charge in [0.05, 0.1) is 0 Å². The zero-order valence-electron chi connectivity index (χ0n) is 7.05. The Labute approximate surface area is 75.4 Å². The molecule has 0 fully saturated rings. The molecule has 1 heterocycles. The van der Waals surface area contributed by atoms with E-state index in [-0.39, 0.29) is 0 Å². The van der Waals surface area contributed by atoms with Gasteiger partial charge >= 0.3 is 0 Å². The van der Waals surface area contributed by atoms with E-state index < -0.39 is 0 Å². The van der Waals surface area contributed by atoms with Crippen LogP contribution in [0.2, 0.25) is 0 Å². The molecule has 2 rings (SSSR count). The first kappa shape index (κ1) is 7.79. The van der Waals surface area contributed by atoms with Crippen LogP contribution in [-0.4, -0.2) is 21.8 Å². The number of fused-ring (bicyclic) bond motifs is 1. The molecular formula is C9H9N3O. The van der Waals surface area contributed by atoms with Crippen molar-refractivity contribution < 1.29 is 4.84 Å². The average molecular weight is 175 g/mol. The van der Waals surface area contributed by atoms with Crippen molar-refractivity contribution in [2.45, 2.75) is 0 Å². The third-order valence-electron chi connectivity index (χ3n) is 1.64. The first-order chi connectivity index (χ1) is 6.42. The average Bonchev–Trinajstić information content (AvgIpc) is 2.58. The number of hydrogen-bond donors (Lipinski definition) is 0. The smallest absolute Gasteiger partial charge is 0.135 e. The molecule has 0 unspecified atom stereocenters. The van der Waals surface area contributed by atoms with Gasteiger partial charge in [-0.15, -0.1) is 5.10 Å². The van der Waals surface area contributed by atoms with Crippen LogP contribution >= 0.6 is 0 Å². The van der Waals surface area contributed by atoms with Gasteiger partial charge in [-0.25, -0.2) is 0 Å². The number of hydrogen-bond acceptors (Lipinski definition) is 3. The molecule has 2 aromatic rings. The van der Waals surface area contributed by atoms with Gasteiger partial charge in [0.2, 0.25) is 0 Å². The number of benzene rings is 1. The Morgan fingerprint density at radius 1 is 1.46 bits per heavy atom. The van der Waals surface area contributed by atoms with Gasteiger partial charge in [-0.1, -0.05) is 29.6 Å². The lowest BCUT2D eigenvalue weighted by Gasteiger charge is -2.00. The zero-order valence-corrected chi connectivity index (χ0v) is 7.05. The summed E-state index contributed by atoms with van der Waals surface area (Å²) >= 11 is 0. The highest BCUT2D eigenvalue weighted by Gasteiger charge is 2.01. The van der Waals surface area contributed by atoms with Gasteiger partial charge in [0.1, 0.15) is 17.6 Å². The van der Waals surface area contributed by atoms with Crippen molar-refractivity contribution in [3.63, 3.8) is 0 Å². The summed E-state index contributed by atoms with van der Waals surface area (Å²) in [6, 6.07) is 7.61. The van der Waals surface area contributed by atoms with E-state index in [1.54, 1.807) is 6.08 Å². The van der Waals surface area contributed by atoms with Crippen molar-refractivity contribution in [2.24, 2.45) is 0 Å². The van der Waals surface area contributed by atoms with Crippen LogP contribution in [0.15, 0.2) is 36.9 Å². The van der Waals surface area contributed by atoms with Crippen LogP contribution in [0.25, 0.3) is 11.0 Å². The molecule has 0 spiro atoms. The van der Waals surface area contributed by atoms with Crippen LogP contribution in [-0.2, 0) is 0 Å². The highest BCUT2D eigenvalue weighted by Crippen LogP contribution is 2.07. The van der Waals surface area contributed by atoms with E-state index in [9.17, 15) is 0 Å². The lowest BCUT2D eigenvalue weighted by molar-refractivity contribution is 0.110. The Morgan fingerprint density at radius 3 is 3.15 bits per heavy atom. The minimum atomic E-state index is 0.424. The van der Waals surface area contributed by atoms with Gasteiger partial charge in [-0.05, 0) is 17.3 Å². The molecule has 0 N–H and O–H groups in total. The highest BCUT2D eigenvalue weighted by molar-refractivity contribution is 5.73. The summed E-state index contributed by atoms with van der Waals surface area (Å²) in [6.45, 7) is 3.98. The maximum Gasteiger partial charge on any atom is 0.135 e. The molecule has 4 heteroatoms. The van der Waals surface area contributed by atoms with Gasteiger partial charge in [0.25, 0.3) is 0 Å². The van der Waals surface area contributed by atoms with Crippen molar-refractivity contribution in [3.8, 4) is 0 Å². The second-order valence-corrected chi connectivity index (χ2v) is 2.54. The molecule has 1 aromatic carbocycles. The minimum absolute atomic E-state index is 0.424. The monoisotopic (exact) mass is 175 g/mol. The minimum Gasteiger partial charge on any atom is -0.391 e. The Morgan fingerprint density at radius 2 is 2.31 bits per heavy atom. The van der Waals surface area contributed by atoms with Gasteiger partial charge in [0.15, 0.2) is 0 Å².